The largest absolute Gasteiger partial charge is 0.451 e. The molecule has 0 aliphatic heterocycles. The molecule has 4 atom stereocenters. The Hall–Kier alpha value is -1.96. The van der Waals surface area contributed by atoms with Gasteiger partial charge >= 0.3 is 6.18 Å². The summed E-state index contributed by atoms with van der Waals surface area (Å²) in [5.41, 5.74) is 1.63. The quantitative estimate of drug-likeness (QED) is 0.919. The molecule has 0 saturated heterocycles. The number of halogens is 3. The zero-order valence-corrected chi connectivity index (χ0v) is 13.9. The molecule has 8 heteroatoms. The van der Waals surface area contributed by atoms with Crippen molar-refractivity contribution in [1.29, 1.82) is 0 Å². The number of aliphatic hydroxyl groups excluding tert-OH is 1. The van der Waals surface area contributed by atoms with E-state index < -0.39 is 12.0 Å². The van der Waals surface area contributed by atoms with Gasteiger partial charge in [-0.3, -0.25) is 4.68 Å². The molecule has 2 saturated carbocycles. The molecule has 3 unspecified atom stereocenters. The molecule has 134 valence electrons. The van der Waals surface area contributed by atoms with Crippen molar-refractivity contribution in [1.82, 2.24) is 19.7 Å². The zero-order valence-electron chi connectivity index (χ0n) is 13.9. The number of rotatable bonds is 3. The first-order chi connectivity index (χ1) is 11.8. The van der Waals surface area contributed by atoms with Crippen LogP contribution in [0.15, 0.2) is 18.3 Å². The van der Waals surface area contributed by atoms with Crippen LogP contribution >= 0.6 is 0 Å². The monoisotopic (exact) mass is 352 g/mol. The predicted molar refractivity (Wildman–Crippen MR) is 83.6 cm³/mol. The number of aromatic nitrogens is 4. The highest BCUT2D eigenvalue weighted by Crippen LogP contribution is 2.63. The lowest BCUT2D eigenvalue weighted by molar-refractivity contribution is -0.144. The van der Waals surface area contributed by atoms with Crippen LogP contribution in [0.3, 0.4) is 0 Å². The fourth-order valence-electron chi connectivity index (χ4n) is 4.09. The minimum Gasteiger partial charge on any atom is -0.393 e. The summed E-state index contributed by atoms with van der Waals surface area (Å²) in [6.45, 7) is 3.99. The Balaban J connectivity index is 1.69. The van der Waals surface area contributed by atoms with E-state index in [0.717, 1.165) is 24.7 Å². The van der Waals surface area contributed by atoms with E-state index in [-0.39, 0.29) is 17.8 Å². The smallest absolute Gasteiger partial charge is 0.393 e. The van der Waals surface area contributed by atoms with Gasteiger partial charge in [-0.1, -0.05) is 0 Å². The third-order valence-corrected chi connectivity index (χ3v) is 5.19. The molecule has 0 bridgehead atoms. The van der Waals surface area contributed by atoms with Crippen LogP contribution in [0.2, 0.25) is 0 Å². The van der Waals surface area contributed by atoms with Crippen molar-refractivity contribution < 1.29 is 18.3 Å². The summed E-state index contributed by atoms with van der Waals surface area (Å²) in [4.78, 5) is 6.94. The summed E-state index contributed by atoms with van der Waals surface area (Å²) in [7, 11) is 0. The average Bonchev–Trinajstić information content (AvgIpc) is 2.90. The number of hydrogen-bond acceptors (Lipinski definition) is 4. The van der Waals surface area contributed by atoms with E-state index in [4.69, 9.17) is 0 Å². The van der Waals surface area contributed by atoms with Crippen molar-refractivity contribution in [2.24, 2.45) is 11.8 Å². The van der Waals surface area contributed by atoms with Gasteiger partial charge in [-0.2, -0.15) is 18.3 Å². The van der Waals surface area contributed by atoms with Gasteiger partial charge in [0.15, 0.2) is 0 Å². The summed E-state index contributed by atoms with van der Waals surface area (Å²) < 4.78 is 40.4. The van der Waals surface area contributed by atoms with Crippen molar-refractivity contribution in [2.75, 3.05) is 0 Å². The van der Waals surface area contributed by atoms with Crippen LogP contribution in [0.5, 0.6) is 0 Å². The number of fused-ring (bicyclic) bond motifs is 1. The van der Waals surface area contributed by atoms with Crippen molar-refractivity contribution in [3.05, 3.63) is 29.8 Å². The molecule has 2 aliphatic carbocycles. The molecule has 0 amide bonds. The maximum Gasteiger partial charge on any atom is 0.451 e. The highest BCUT2D eigenvalue weighted by Gasteiger charge is 2.57. The summed E-state index contributed by atoms with van der Waals surface area (Å²) in [5, 5.41) is 14.2. The van der Waals surface area contributed by atoms with Gasteiger partial charge in [0.2, 0.25) is 5.82 Å². The number of aliphatic hydroxyl groups is 1. The van der Waals surface area contributed by atoms with Crippen LogP contribution in [0.4, 0.5) is 13.2 Å². The van der Waals surface area contributed by atoms with E-state index in [1.54, 1.807) is 0 Å². The van der Waals surface area contributed by atoms with Crippen molar-refractivity contribution in [3.63, 3.8) is 0 Å². The van der Waals surface area contributed by atoms with Gasteiger partial charge in [0.25, 0.3) is 0 Å². The molecule has 5 nitrogen and oxygen atoms in total. The Labute approximate surface area is 142 Å². The minimum atomic E-state index is -4.58. The van der Waals surface area contributed by atoms with Gasteiger partial charge in [-0.25, -0.2) is 9.97 Å². The number of nitrogens with zero attached hydrogens (tertiary/aromatic N) is 4. The highest BCUT2D eigenvalue weighted by molar-refractivity contribution is 5.55. The molecule has 25 heavy (non-hydrogen) atoms. The van der Waals surface area contributed by atoms with E-state index >= 15 is 0 Å². The second-order valence-electron chi connectivity index (χ2n) is 7.23. The lowest BCUT2D eigenvalue weighted by atomic mass is 10.1. The molecule has 2 aromatic rings. The third-order valence-electron chi connectivity index (χ3n) is 5.19. The average molecular weight is 352 g/mol. The summed E-state index contributed by atoms with van der Waals surface area (Å²) in [6.07, 6.45) is -2.11. The van der Waals surface area contributed by atoms with Crippen LogP contribution in [0.25, 0.3) is 11.4 Å². The fraction of sp³-hybridized carbons (Fsp3) is 0.588. The number of alkyl halides is 3. The van der Waals surface area contributed by atoms with Crippen LogP contribution < -0.4 is 0 Å². The fourth-order valence-corrected chi connectivity index (χ4v) is 4.09. The second kappa shape index (κ2) is 5.52. The van der Waals surface area contributed by atoms with Crippen LogP contribution in [-0.2, 0) is 6.18 Å². The Kier molecular flexibility index (Phi) is 3.64. The third kappa shape index (κ3) is 2.82. The summed E-state index contributed by atoms with van der Waals surface area (Å²) >= 11 is 0. The standard InChI is InChI=1S/C17H19F3N4O/c1-8(2)24-14(15-10-5-9(25)6-11(10)15)7-13(23-24)12-3-4-21-16(22-12)17(18,19)20/h3-4,7-11,15,25H,5-6H2,1-2H3/t9?,10-,11?,15?/m0/s1. The molecule has 2 heterocycles. The Bertz CT molecular complexity index is 789. The Morgan fingerprint density at radius 3 is 2.48 bits per heavy atom. The van der Waals surface area contributed by atoms with Gasteiger partial charge in [-0.05, 0) is 50.7 Å². The van der Waals surface area contributed by atoms with Crippen molar-refractivity contribution >= 4 is 0 Å². The summed E-state index contributed by atoms with van der Waals surface area (Å²) in [5.74, 6) is 0.0782. The maximum atomic E-state index is 12.9. The van der Waals surface area contributed by atoms with Gasteiger partial charge in [0.05, 0.1) is 11.8 Å². The van der Waals surface area contributed by atoms with Crippen molar-refractivity contribution in [2.45, 2.75) is 50.9 Å². The number of hydrogen-bond donors (Lipinski definition) is 1. The van der Waals surface area contributed by atoms with Gasteiger partial charge in [0, 0.05) is 23.9 Å². The molecule has 0 aromatic carbocycles. The predicted octanol–water partition coefficient (Wildman–Crippen LogP) is 3.42. The Morgan fingerprint density at radius 2 is 1.88 bits per heavy atom. The lowest BCUT2D eigenvalue weighted by Crippen LogP contribution is -2.11. The molecule has 2 aliphatic rings. The molecule has 4 rings (SSSR count). The first kappa shape index (κ1) is 16.5. The van der Waals surface area contributed by atoms with Gasteiger partial charge in [-0.15, -0.1) is 0 Å². The van der Waals surface area contributed by atoms with E-state index in [1.807, 2.05) is 24.6 Å². The first-order valence-electron chi connectivity index (χ1n) is 8.44. The Morgan fingerprint density at radius 1 is 1.20 bits per heavy atom. The molecule has 0 spiro atoms. The topological polar surface area (TPSA) is 63.8 Å². The van der Waals surface area contributed by atoms with Crippen LogP contribution in [0.1, 0.15) is 50.2 Å². The van der Waals surface area contributed by atoms with Crippen LogP contribution in [-0.4, -0.2) is 31.0 Å². The normalized spacial score (nSPS) is 28.4. The second-order valence-corrected chi connectivity index (χ2v) is 7.23. The van der Waals surface area contributed by atoms with E-state index in [1.165, 1.54) is 6.07 Å². The first-order valence-corrected chi connectivity index (χ1v) is 8.44. The molecule has 1 N–H and O–H groups in total. The maximum absolute atomic E-state index is 12.9. The van der Waals surface area contributed by atoms with Crippen molar-refractivity contribution in [3.8, 4) is 11.4 Å². The minimum absolute atomic E-state index is 0.0962. The SMILES string of the molecule is CC(C)n1nc(-c2ccnc(C(F)(F)F)n2)cc1C1C2CC(O)C[C@@H]21. The summed E-state index contributed by atoms with van der Waals surface area (Å²) in [6, 6.07) is 3.39. The molecular formula is C17H19F3N4O. The highest BCUT2D eigenvalue weighted by atomic mass is 19.4. The van der Waals surface area contributed by atoms with Gasteiger partial charge in [0.1, 0.15) is 5.69 Å². The van der Waals surface area contributed by atoms with E-state index in [2.05, 4.69) is 15.1 Å². The van der Waals surface area contributed by atoms with E-state index in [9.17, 15) is 18.3 Å². The van der Waals surface area contributed by atoms with E-state index in [0.29, 0.717) is 23.4 Å². The molecule has 0 radical (unpaired) electrons. The zero-order chi connectivity index (χ0) is 17.9. The lowest BCUT2D eigenvalue weighted by Gasteiger charge is -2.13. The van der Waals surface area contributed by atoms with Gasteiger partial charge < -0.3 is 5.11 Å². The molecular weight excluding hydrogens is 333 g/mol. The molecule has 2 fully saturated rings. The van der Waals surface area contributed by atoms with Crippen LogP contribution in [0, 0.1) is 11.8 Å². The molecule has 2 aromatic heterocycles.